The highest BCUT2D eigenvalue weighted by molar-refractivity contribution is 7.09. The molecule has 1 unspecified atom stereocenters. The predicted molar refractivity (Wildman–Crippen MR) is 74.0 cm³/mol. The van der Waals surface area contributed by atoms with E-state index in [1.807, 2.05) is 11.8 Å². The van der Waals surface area contributed by atoms with Crippen LogP contribution in [0.15, 0.2) is 5.38 Å². The lowest BCUT2D eigenvalue weighted by molar-refractivity contribution is -0.132. The second kappa shape index (κ2) is 5.99. The second-order valence-electron chi connectivity index (χ2n) is 4.60. The zero-order valence-corrected chi connectivity index (χ0v) is 12.3. The molecule has 0 radical (unpaired) electrons. The Morgan fingerprint density at radius 3 is 2.67 bits per heavy atom. The molecule has 1 aliphatic heterocycles. The van der Waals surface area contributed by atoms with Gasteiger partial charge in [0.2, 0.25) is 5.91 Å². The van der Waals surface area contributed by atoms with E-state index >= 15 is 0 Å². The largest absolute Gasteiger partial charge is 0.339 e. The lowest BCUT2D eigenvalue weighted by Crippen LogP contribution is -2.49. The van der Waals surface area contributed by atoms with Gasteiger partial charge in [0.1, 0.15) is 10.4 Å². The van der Waals surface area contributed by atoms with Crippen molar-refractivity contribution in [1.82, 2.24) is 14.8 Å². The SMILES string of the molecule is Cc1csc(CN2CCN(C(=O)C(C)Cl)CC2)n1. The highest BCUT2D eigenvalue weighted by Crippen LogP contribution is 2.14. The maximum atomic E-state index is 11.7. The number of rotatable bonds is 3. The lowest BCUT2D eigenvalue weighted by Gasteiger charge is -2.34. The Bertz CT molecular complexity index is 413. The van der Waals surface area contributed by atoms with Crippen LogP contribution in [0.3, 0.4) is 0 Å². The molecule has 1 fully saturated rings. The molecule has 0 aliphatic carbocycles. The molecule has 0 aromatic carbocycles. The van der Waals surface area contributed by atoms with E-state index in [-0.39, 0.29) is 5.91 Å². The molecule has 4 nitrogen and oxygen atoms in total. The molecule has 0 spiro atoms. The summed E-state index contributed by atoms with van der Waals surface area (Å²) in [6.07, 6.45) is 0. The monoisotopic (exact) mass is 287 g/mol. The van der Waals surface area contributed by atoms with Gasteiger partial charge in [0.15, 0.2) is 0 Å². The molecular weight excluding hydrogens is 270 g/mol. The molecule has 0 bridgehead atoms. The van der Waals surface area contributed by atoms with E-state index in [1.54, 1.807) is 18.3 Å². The van der Waals surface area contributed by atoms with Crippen molar-refractivity contribution in [1.29, 1.82) is 0 Å². The molecule has 0 saturated carbocycles. The number of amides is 1. The van der Waals surface area contributed by atoms with Crippen LogP contribution in [0.5, 0.6) is 0 Å². The minimum absolute atomic E-state index is 0.0430. The fourth-order valence-electron chi connectivity index (χ4n) is 2.04. The van der Waals surface area contributed by atoms with E-state index in [9.17, 15) is 4.79 Å². The smallest absolute Gasteiger partial charge is 0.240 e. The molecule has 2 rings (SSSR count). The van der Waals surface area contributed by atoms with Gasteiger partial charge in [-0.2, -0.15) is 0 Å². The molecule has 0 N–H and O–H groups in total. The van der Waals surface area contributed by atoms with Crippen molar-refractivity contribution in [3.8, 4) is 0 Å². The first kappa shape index (κ1) is 13.8. The normalized spacial score (nSPS) is 18.9. The lowest BCUT2D eigenvalue weighted by atomic mass is 10.3. The van der Waals surface area contributed by atoms with Crippen LogP contribution in [0.1, 0.15) is 17.6 Å². The van der Waals surface area contributed by atoms with Gasteiger partial charge >= 0.3 is 0 Å². The number of thiazole rings is 1. The Labute approximate surface area is 117 Å². The Morgan fingerprint density at radius 1 is 1.50 bits per heavy atom. The fraction of sp³-hybridized carbons (Fsp3) is 0.667. The molecular formula is C12H18ClN3OS. The van der Waals surface area contributed by atoms with E-state index in [1.165, 1.54) is 0 Å². The first-order valence-corrected chi connectivity index (χ1v) is 7.44. The Balaban J connectivity index is 1.82. The van der Waals surface area contributed by atoms with Crippen molar-refractivity contribution < 1.29 is 4.79 Å². The number of aryl methyl sites for hydroxylation is 1. The molecule has 1 aliphatic rings. The zero-order chi connectivity index (χ0) is 13.1. The maximum Gasteiger partial charge on any atom is 0.240 e. The van der Waals surface area contributed by atoms with Crippen LogP contribution in [0, 0.1) is 6.92 Å². The summed E-state index contributed by atoms with van der Waals surface area (Å²) in [6.45, 7) is 7.95. The Kier molecular flexibility index (Phi) is 4.59. The third-order valence-electron chi connectivity index (χ3n) is 3.05. The Hall–Kier alpha value is -0.650. The number of carbonyl (C=O) groups excluding carboxylic acids is 1. The molecule has 1 saturated heterocycles. The molecule has 1 atom stereocenters. The van der Waals surface area contributed by atoms with Crippen molar-refractivity contribution in [2.45, 2.75) is 25.8 Å². The van der Waals surface area contributed by atoms with Crippen molar-refractivity contribution >= 4 is 28.8 Å². The molecule has 1 amide bonds. The zero-order valence-electron chi connectivity index (χ0n) is 10.7. The fourth-order valence-corrected chi connectivity index (χ4v) is 3.00. The van der Waals surface area contributed by atoms with Gasteiger partial charge < -0.3 is 4.90 Å². The Morgan fingerprint density at radius 2 is 2.17 bits per heavy atom. The van der Waals surface area contributed by atoms with Gasteiger partial charge in [0, 0.05) is 37.3 Å². The first-order chi connectivity index (χ1) is 8.56. The number of alkyl halides is 1. The highest BCUT2D eigenvalue weighted by atomic mass is 35.5. The topological polar surface area (TPSA) is 36.4 Å². The van der Waals surface area contributed by atoms with E-state index in [0.717, 1.165) is 43.4 Å². The van der Waals surface area contributed by atoms with Crippen LogP contribution in [-0.4, -0.2) is 52.2 Å². The van der Waals surface area contributed by atoms with Gasteiger partial charge in [-0.3, -0.25) is 9.69 Å². The third kappa shape index (κ3) is 3.43. The first-order valence-electron chi connectivity index (χ1n) is 6.12. The van der Waals surface area contributed by atoms with Gasteiger partial charge in [-0.1, -0.05) is 0 Å². The van der Waals surface area contributed by atoms with Crippen molar-refractivity contribution in [3.05, 3.63) is 16.1 Å². The molecule has 1 aromatic rings. The summed E-state index contributed by atoms with van der Waals surface area (Å²) in [5.41, 5.74) is 1.08. The number of nitrogens with zero attached hydrogens (tertiary/aromatic N) is 3. The summed E-state index contributed by atoms with van der Waals surface area (Å²) >= 11 is 7.52. The van der Waals surface area contributed by atoms with Gasteiger partial charge in [0.05, 0.1) is 6.54 Å². The minimum atomic E-state index is -0.418. The standard InChI is InChI=1S/C12H18ClN3OS/c1-9-8-18-11(14-9)7-15-3-5-16(6-4-15)12(17)10(2)13/h8,10H,3-7H2,1-2H3. The maximum absolute atomic E-state index is 11.7. The summed E-state index contributed by atoms with van der Waals surface area (Å²) in [5, 5.41) is 2.81. The summed E-state index contributed by atoms with van der Waals surface area (Å²) < 4.78 is 0. The molecule has 18 heavy (non-hydrogen) atoms. The number of hydrogen-bond acceptors (Lipinski definition) is 4. The van der Waals surface area contributed by atoms with E-state index < -0.39 is 5.38 Å². The number of hydrogen-bond donors (Lipinski definition) is 0. The van der Waals surface area contributed by atoms with Gasteiger partial charge in [-0.05, 0) is 13.8 Å². The highest BCUT2D eigenvalue weighted by Gasteiger charge is 2.23. The van der Waals surface area contributed by atoms with Crippen LogP contribution in [-0.2, 0) is 11.3 Å². The minimum Gasteiger partial charge on any atom is -0.339 e. The number of aromatic nitrogens is 1. The average molecular weight is 288 g/mol. The van der Waals surface area contributed by atoms with Gasteiger partial charge in [0.25, 0.3) is 0 Å². The van der Waals surface area contributed by atoms with Crippen LogP contribution < -0.4 is 0 Å². The van der Waals surface area contributed by atoms with E-state index in [2.05, 4.69) is 15.3 Å². The van der Waals surface area contributed by atoms with Crippen LogP contribution in [0.25, 0.3) is 0 Å². The van der Waals surface area contributed by atoms with Crippen LogP contribution in [0.2, 0.25) is 0 Å². The number of piperazine rings is 1. The quantitative estimate of drug-likeness (QED) is 0.795. The third-order valence-corrected chi connectivity index (χ3v) is 4.19. The molecule has 2 heterocycles. The average Bonchev–Trinajstić information content (AvgIpc) is 2.75. The summed E-state index contributed by atoms with van der Waals surface area (Å²) in [5.74, 6) is 0.0430. The van der Waals surface area contributed by atoms with E-state index in [0.29, 0.717) is 0 Å². The van der Waals surface area contributed by atoms with Crippen molar-refractivity contribution in [2.75, 3.05) is 26.2 Å². The summed E-state index contributed by atoms with van der Waals surface area (Å²) in [7, 11) is 0. The molecule has 1 aromatic heterocycles. The van der Waals surface area contributed by atoms with Crippen LogP contribution >= 0.6 is 22.9 Å². The van der Waals surface area contributed by atoms with E-state index in [4.69, 9.17) is 11.6 Å². The number of halogens is 1. The predicted octanol–water partition coefficient (Wildman–Crippen LogP) is 1.72. The number of carbonyl (C=O) groups is 1. The summed E-state index contributed by atoms with van der Waals surface area (Å²) in [6, 6.07) is 0. The second-order valence-corrected chi connectivity index (χ2v) is 6.20. The molecule has 6 heteroatoms. The molecule has 100 valence electrons. The summed E-state index contributed by atoms with van der Waals surface area (Å²) in [4.78, 5) is 20.4. The van der Waals surface area contributed by atoms with Crippen molar-refractivity contribution in [2.24, 2.45) is 0 Å². The van der Waals surface area contributed by atoms with Gasteiger partial charge in [-0.25, -0.2) is 4.98 Å². The van der Waals surface area contributed by atoms with Gasteiger partial charge in [-0.15, -0.1) is 22.9 Å². The van der Waals surface area contributed by atoms with Crippen molar-refractivity contribution in [3.63, 3.8) is 0 Å². The van der Waals surface area contributed by atoms with Crippen LogP contribution in [0.4, 0.5) is 0 Å².